The molecule has 2 aliphatic heterocycles. The summed E-state index contributed by atoms with van der Waals surface area (Å²) in [5, 5.41) is 1.48. The van der Waals surface area contributed by atoms with Crippen molar-refractivity contribution in [2.75, 3.05) is 13.1 Å². The van der Waals surface area contributed by atoms with Crippen LogP contribution in [0.5, 0.6) is 0 Å². The van der Waals surface area contributed by atoms with Gasteiger partial charge in [0.25, 0.3) is 0 Å². The maximum absolute atomic E-state index is 3.81. The smallest absolute Gasteiger partial charge is 0.0532 e. The largest absolute Gasteiger partial charge is 0.357 e. The topological polar surface area (TPSA) is 19.0 Å². The van der Waals surface area contributed by atoms with Gasteiger partial charge in [-0.05, 0) is 49.3 Å². The van der Waals surface area contributed by atoms with Crippen molar-refractivity contribution in [2.45, 2.75) is 44.6 Å². The molecular formula is C19H24N2. The third-order valence-electron chi connectivity index (χ3n) is 6.35. The first-order valence-corrected chi connectivity index (χ1v) is 8.75. The molecule has 21 heavy (non-hydrogen) atoms. The molecule has 0 unspecified atom stereocenters. The van der Waals surface area contributed by atoms with Gasteiger partial charge in [0.2, 0.25) is 0 Å². The van der Waals surface area contributed by atoms with Gasteiger partial charge in [0.15, 0.2) is 0 Å². The van der Waals surface area contributed by atoms with Crippen LogP contribution in [-0.4, -0.2) is 23.0 Å². The second-order valence-corrected chi connectivity index (χ2v) is 7.29. The van der Waals surface area contributed by atoms with Gasteiger partial charge in [-0.1, -0.05) is 37.5 Å². The minimum Gasteiger partial charge on any atom is -0.357 e. The first kappa shape index (κ1) is 12.3. The number of benzene rings is 1. The van der Waals surface area contributed by atoms with E-state index in [0.717, 1.165) is 11.8 Å². The molecule has 110 valence electrons. The van der Waals surface area contributed by atoms with Crippen molar-refractivity contribution in [1.29, 1.82) is 0 Å². The van der Waals surface area contributed by atoms with Gasteiger partial charge in [0.05, 0.1) is 6.04 Å². The Morgan fingerprint density at radius 3 is 2.90 bits per heavy atom. The molecule has 1 aliphatic carbocycles. The third-order valence-corrected chi connectivity index (χ3v) is 6.35. The van der Waals surface area contributed by atoms with Gasteiger partial charge in [-0.2, -0.15) is 0 Å². The predicted octanol–water partition coefficient (Wildman–Crippen LogP) is 4.28. The molecule has 3 aliphatic rings. The highest BCUT2D eigenvalue weighted by Gasteiger charge is 2.43. The average molecular weight is 280 g/mol. The molecule has 0 bridgehead atoms. The summed E-state index contributed by atoms with van der Waals surface area (Å²) in [7, 11) is 0. The quantitative estimate of drug-likeness (QED) is 0.763. The second-order valence-electron chi connectivity index (χ2n) is 7.29. The molecule has 1 saturated heterocycles. The van der Waals surface area contributed by atoms with Gasteiger partial charge in [-0.25, -0.2) is 0 Å². The van der Waals surface area contributed by atoms with Crippen LogP contribution in [0.3, 0.4) is 0 Å². The SMILES string of the molecule is c1ccc2c3c([nH]c2c1)[C@@H]1[C@H]2CCCC[C@@H]2CCN1CC3. The molecule has 3 atom stereocenters. The van der Waals surface area contributed by atoms with E-state index in [2.05, 4.69) is 34.1 Å². The van der Waals surface area contributed by atoms with Crippen molar-refractivity contribution < 1.29 is 0 Å². The Balaban J connectivity index is 1.65. The average Bonchev–Trinajstić information content (AvgIpc) is 2.93. The molecule has 5 rings (SSSR count). The Morgan fingerprint density at radius 1 is 1.00 bits per heavy atom. The summed E-state index contributed by atoms with van der Waals surface area (Å²) in [5.74, 6) is 1.89. The van der Waals surface area contributed by atoms with Gasteiger partial charge < -0.3 is 4.98 Å². The molecule has 2 aromatic rings. The molecule has 2 heteroatoms. The van der Waals surface area contributed by atoms with Crippen LogP contribution in [0.4, 0.5) is 0 Å². The number of aromatic nitrogens is 1. The zero-order valence-corrected chi connectivity index (χ0v) is 12.6. The Bertz CT molecular complexity index is 671. The van der Waals surface area contributed by atoms with E-state index in [1.807, 2.05) is 0 Å². The number of para-hydroxylation sites is 1. The van der Waals surface area contributed by atoms with E-state index in [-0.39, 0.29) is 0 Å². The fourth-order valence-electron chi connectivity index (χ4n) is 5.40. The van der Waals surface area contributed by atoms with Crippen LogP contribution in [-0.2, 0) is 6.42 Å². The number of hydrogen-bond donors (Lipinski definition) is 1. The summed E-state index contributed by atoms with van der Waals surface area (Å²) in [5.41, 5.74) is 4.54. The molecule has 2 fully saturated rings. The van der Waals surface area contributed by atoms with Crippen LogP contribution in [0.2, 0.25) is 0 Å². The lowest BCUT2D eigenvalue weighted by molar-refractivity contribution is 0.0146. The predicted molar refractivity (Wildman–Crippen MR) is 86.4 cm³/mol. The van der Waals surface area contributed by atoms with Crippen molar-refractivity contribution in [1.82, 2.24) is 9.88 Å². The number of piperidine rings is 1. The fourth-order valence-corrected chi connectivity index (χ4v) is 5.40. The Labute approximate surface area is 126 Å². The van der Waals surface area contributed by atoms with Crippen molar-refractivity contribution in [3.8, 4) is 0 Å². The molecule has 0 radical (unpaired) electrons. The van der Waals surface area contributed by atoms with Crippen LogP contribution < -0.4 is 0 Å². The zero-order valence-electron chi connectivity index (χ0n) is 12.6. The minimum absolute atomic E-state index is 0.681. The van der Waals surface area contributed by atoms with Crippen molar-refractivity contribution in [3.63, 3.8) is 0 Å². The first-order chi connectivity index (χ1) is 10.4. The molecule has 0 amide bonds. The Hall–Kier alpha value is -1.28. The number of nitrogens with zero attached hydrogens (tertiary/aromatic N) is 1. The molecule has 1 N–H and O–H groups in total. The zero-order chi connectivity index (χ0) is 13.8. The van der Waals surface area contributed by atoms with E-state index in [0.29, 0.717) is 6.04 Å². The van der Waals surface area contributed by atoms with E-state index < -0.39 is 0 Å². The maximum Gasteiger partial charge on any atom is 0.0532 e. The summed E-state index contributed by atoms with van der Waals surface area (Å²) in [4.78, 5) is 6.59. The minimum atomic E-state index is 0.681. The highest BCUT2D eigenvalue weighted by atomic mass is 15.2. The monoisotopic (exact) mass is 280 g/mol. The first-order valence-electron chi connectivity index (χ1n) is 8.75. The lowest BCUT2D eigenvalue weighted by atomic mass is 9.69. The normalized spacial score (nSPS) is 32.5. The highest BCUT2D eigenvalue weighted by molar-refractivity contribution is 5.85. The van der Waals surface area contributed by atoms with Gasteiger partial charge in [0.1, 0.15) is 0 Å². The van der Waals surface area contributed by atoms with Gasteiger partial charge in [0, 0.05) is 23.1 Å². The summed E-state index contributed by atoms with van der Waals surface area (Å²) >= 11 is 0. The number of nitrogens with one attached hydrogen (secondary N) is 1. The number of hydrogen-bond acceptors (Lipinski definition) is 1. The van der Waals surface area contributed by atoms with Gasteiger partial charge >= 0.3 is 0 Å². The molecular weight excluding hydrogens is 256 g/mol. The molecule has 3 heterocycles. The van der Waals surface area contributed by atoms with E-state index in [9.17, 15) is 0 Å². The second kappa shape index (κ2) is 4.61. The maximum atomic E-state index is 3.81. The van der Waals surface area contributed by atoms with E-state index in [4.69, 9.17) is 0 Å². The summed E-state index contributed by atoms with van der Waals surface area (Å²) < 4.78 is 0. The molecule has 1 aromatic heterocycles. The Morgan fingerprint density at radius 2 is 1.90 bits per heavy atom. The summed E-state index contributed by atoms with van der Waals surface area (Å²) in [6.45, 7) is 2.59. The number of rotatable bonds is 0. The Kier molecular flexibility index (Phi) is 2.69. The molecule has 2 nitrogen and oxygen atoms in total. The lowest BCUT2D eigenvalue weighted by Gasteiger charge is -2.49. The van der Waals surface area contributed by atoms with Crippen molar-refractivity contribution >= 4 is 10.9 Å². The van der Waals surface area contributed by atoms with Crippen LogP contribution in [0.1, 0.15) is 49.4 Å². The number of fused-ring (bicyclic) bond motifs is 7. The van der Waals surface area contributed by atoms with E-state index in [1.165, 1.54) is 62.5 Å². The van der Waals surface area contributed by atoms with Gasteiger partial charge in [-0.3, -0.25) is 4.90 Å². The highest BCUT2D eigenvalue weighted by Crippen LogP contribution is 2.49. The number of H-pyrrole nitrogens is 1. The van der Waals surface area contributed by atoms with Crippen LogP contribution >= 0.6 is 0 Å². The van der Waals surface area contributed by atoms with Crippen molar-refractivity contribution in [3.05, 3.63) is 35.5 Å². The third kappa shape index (κ3) is 1.75. The molecule has 0 spiro atoms. The summed E-state index contributed by atoms with van der Waals surface area (Å²) in [6, 6.07) is 9.58. The fraction of sp³-hybridized carbons (Fsp3) is 0.579. The number of aromatic amines is 1. The summed E-state index contributed by atoms with van der Waals surface area (Å²) in [6.07, 6.45) is 8.50. The standard InChI is InChI=1S/C19H24N2/c1-2-6-14-13(5-1)9-11-21-12-10-16-15-7-3-4-8-17(15)20-18(16)19(14)21/h3-4,7-8,13-14,19-20H,1-2,5-6,9-12H2/t13-,14+,19+/m1/s1. The van der Waals surface area contributed by atoms with E-state index >= 15 is 0 Å². The van der Waals surface area contributed by atoms with Gasteiger partial charge in [-0.15, -0.1) is 0 Å². The van der Waals surface area contributed by atoms with Crippen LogP contribution in [0.15, 0.2) is 24.3 Å². The molecule has 1 aromatic carbocycles. The lowest BCUT2D eigenvalue weighted by Crippen LogP contribution is -2.47. The van der Waals surface area contributed by atoms with Crippen molar-refractivity contribution in [2.24, 2.45) is 11.8 Å². The van der Waals surface area contributed by atoms with Crippen LogP contribution in [0, 0.1) is 11.8 Å². The molecule has 1 saturated carbocycles. The van der Waals surface area contributed by atoms with Crippen LogP contribution in [0.25, 0.3) is 10.9 Å². The van der Waals surface area contributed by atoms with E-state index in [1.54, 1.807) is 11.3 Å².